The summed E-state index contributed by atoms with van der Waals surface area (Å²) in [7, 11) is -3.25. The lowest BCUT2D eigenvalue weighted by Gasteiger charge is -2.33. The van der Waals surface area contributed by atoms with Gasteiger partial charge < -0.3 is 10.2 Å². The van der Waals surface area contributed by atoms with E-state index in [1.165, 1.54) is 25.5 Å². The van der Waals surface area contributed by atoms with E-state index in [9.17, 15) is 13.2 Å². The molecule has 2 aliphatic rings. The summed E-state index contributed by atoms with van der Waals surface area (Å²) in [5, 5.41) is 3.05. The smallest absolute Gasteiger partial charge is 0.224 e. The van der Waals surface area contributed by atoms with Crippen LogP contribution < -0.4 is 10.2 Å². The van der Waals surface area contributed by atoms with E-state index >= 15 is 0 Å². The molecule has 4 rings (SSSR count). The third-order valence-electron chi connectivity index (χ3n) is 6.00. The van der Waals surface area contributed by atoms with E-state index in [2.05, 4.69) is 58.7 Å². The number of fused-ring (bicyclic) bond motifs is 2. The lowest BCUT2D eigenvalue weighted by molar-refractivity contribution is -0.126. The standard InChI is InChI=1S/C24H31N3O3S2/c1-2-17-32(29,30)26-15-7-9-19(18-26)24(28)25-14-8-16-27-20-10-3-5-12-22(20)31-23-13-6-4-11-21(23)27/h3-6,10-13,19H,2,7-9,14-18H2,1H3,(H,25,28). The van der Waals surface area contributed by atoms with Gasteiger partial charge in [0, 0.05) is 36.0 Å². The summed E-state index contributed by atoms with van der Waals surface area (Å²) in [5.41, 5.74) is 2.40. The van der Waals surface area contributed by atoms with Crippen molar-refractivity contribution in [1.82, 2.24) is 9.62 Å². The Morgan fingerprint density at radius 1 is 1.09 bits per heavy atom. The van der Waals surface area contributed by atoms with E-state index in [0.29, 0.717) is 26.1 Å². The first-order chi connectivity index (χ1) is 15.5. The molecule has 0 saturated carbocycles. The van der Waals surface area contributed by atoms with Crippen LogP contribution in [0.4, 0.5) is 11.4 Å². The normalized spacial score (nSPS) is 18.7. The van der Waals surface area contributed by atoms with Crippen LogP contribution in [-0.2, 0) is 14.8 Å². The molecule has 0 aliphatic carbocycles. The van der Waals surface area contributed by atoms with Gasteiger partial charge in [0.2, 0.25) is 15.9 Å². The van der Waals surface area contributed by atoms with Crippen LogP contribution in [0.1, 0.15) is 32.6 Å². The second-order valence-electron chi connectivity index (χ2n) is 8.35. The molecule has 172 valence electrons. The molecule has 0 aromatic heterocycles. The van der Waals surface area contributed by atoms with Crippen LogP contribution in [0.2, 0.25) is 0 Å². The third-order valence-corrected chi connectivity index (χ3v) is 9.17. The molecule has 2 aromatic carbocycles. The average Bonchev–Trinajstić information content (AvgIpc) is 2.81. The van der Waals surface area contributed by atoms with Gasteiger partial charge in [-0.2, -0.15) is 0 Å². The maximum atomic E-state index is 12.7. The summed E-state index contributed by atoms with van der Waals surface area (Å²) >= 11 is 1.79. The van der Waals surface area contributed by atoms with Crippen molar-refractivity contribution >= 4 is 39.1 Å². The molecule has 0 bridgehead atoms. The number of sulfonamides is 1. The Kier molecular flexibility index (Phi) is 7.43. The second kappa shape index (κ2) is 10.3. The van der Waals surface area contributed by atoms with Gasteiger partial charge in [-0.05, 0) is 49.9 Å². The zero-order chi connectivity index (χ0) is 22.6. The number of carbonyl (C=O) groups is 1. The fourth-order valence-electron chi connectivity index (χ4n) is 4.41. The van der Waals surface area contributed by atoms with Gasteiger partial charge in [-0.25, -0.2) is 12.7 Å². The molecule has 1 saturated heterocycles. The molecule has 32 heavy (non-hydrogen) atoms. The second-order valence-corrected chi connectivity index (χ2v) is 11.5. The van der Waals surface area contributed by atoms with Gasteiger partial charge >= 0.3 is 0 Å². The Bertz CT molecular complexity index is 1010. The van der Waals surface area contributed by atoms with Crippen LogP contribution >= 0.6 is 11.8 Å². The van der Waals surface area contributed by atoms with E-state index in [1.807, 2.05) is 6.92 Å². The van der Waals surface area contributed by atoms with Crippen molar-refractivity contribution in [3.8, 4) is 0 Å². The highest BCUT2D eigenvalue weighted by Gasteiger charge is 2.31. The van der Waals surface area contributed by atoms with Crippen LogP contribution in [0, 0.1) is 5.92 Å². The molecule has 2 heterocycles. The number of nitrogens with one attached hydrogen (secondary N) is 1. The van der Waals surface area contributed by atoms with E-state index < -0.39 is 10.0 Å². The van der Waals surface area contributed by atoms with Crippen molar-refractivity contribution < 1.29 is 13.2 Å². The number of piperidine rings is 1. The first-order valence-corrected chi connectivity index (χ1v) is 13.8. The van der Waals surface area contributed by atoms with Gasteiger partial charge in [-0.3, -0.25) is 4.79 Å². The molecule has 0 radical (unpaired) electrons. The van der Waals surface area contributed by atoms with Gasteiger partial charge in [0.15, 0.2) is 0 Å². The molecule has 8 heteroatoms. The first-order valence-electron chi connectivity index (χ1n) is 11.4. The Morgan fingerprint density at radius 3 is 2.41 bits per heavy atom. The lowest BCUT2D eigenvalue weighted by atomic mass is 9.99. The van der Waals surface area contributed by atoms with Crippen LogP contribution in [-0.4, -0.2) is 50.6 Å². The molecule has 1 atom stereocenters. The highest BCUT2D eigenvalue weighted by atomic mass is 32.2. The molecular formula is C24H31N3O3S2. The molecule has 0 spiro atoms. The fraction of sp³-hybridized carbons (Fsp3) is 0.458. The molecule has 1 unspecified atom stereocenters. The molecule has 2 aliphatic heterocycles. The summed E-state index contributed by atoms with van der Waals surface area (Å²) in [6, 6.07) is 16.8. The maximum absolute atomic E-state index is 12.7. The number of anilines is 2. The van der Waals surface area contributed by atoms with Gasteiger partial charge in [0.25, 0.3) is 0 Å². The van der Waals surface area contributed by atoms with Crippen LogP contribution in [0.25, 0.3) is 0 Å². The van der Waals surface area contributed by atoms with Crippen molar-refractivity contribution in [1.29, 1.82) is 0 Å². The number of rotatable bonds is 8. The van der Waals surface area contributed by atoms with E-state index in [-0.39, 0.29) is 17.6 Å². The monoisotopic (exact) mass is 473 g/mol. The third kappa shape index (κ3) is 5.13. The highest BCUT2D eigenvalue weighted by Crippen LogP contribution is 2.47. The summed E-state index contributed by atoms with van der Waals surface area (Å²) in [6.45, 7) is 4.07. The minimum atomic E-state index is -3.25. The number of hydrogen-bond donors (Lipinski definition) is 1. The number of benzene rings is 2. The Balaban J connectivity index is 1.33. The summed E-state index contributed by atoms with van der Waals surface area (Å²) in [5.74, 6) is -0.141. The number of para-hydroxylation sites is 2. The largest absolute Gasteiger partial charge is 0.356 e. The Morgan fingerprint density at radius 2 is 1.75 bits per heavy atom. The van der Waals surface area contributed by atoms with Crippen molar-refractivity contribution in [2.45, 2.75) is 42.4 Å². The van der Waals surface area contributed by atoms with Crippen LogP contribution in [0.5, 0.6) is 0 Å². The predicted molar refractivity (Wildman–Crippen MR) is 130 cm³/mol. The van der Waals surface area contributed by atoms with E-state index in [0.717, 1.165) is 25.8 Å². The molecule has 6 nitrogen and oxygen atoms in total. The Labute approximate surface area is 195 Å². The zero-order valence-corrected chi connectivity index (χ0v) is 20.1. The molecular weight excluding hydrogens is 442 g/mol. The van der Waals surface area contributed by atoms with Crippen molar-refractivity contribution in [3.05, 3.63) is 48.5 Å². The van der Waals surface area contributed by atoms with E-state index in [4.69, 9.17) is 0 Å². The van der Waals surface area contributed by atoms with Gasteiger partial charge in [-0.15, -0.1) is 0 Å². The number of nitrogens with zero attached hydrogens (tertiary/aromatic N) is 2. The summed E-state index contributed by atoms with van der Waals surface area (Å²) in [4.78, 5) is 17.5. The predicted octanol–water partition coefficient (Wildman–Crippen LogP) is 4.25. The molecule has 1 amide bonds. The van der Waals surface area contributed by atoms with Gasteiger partial charge in [0.1, 0.15) is 0 Å². The van der Waals surface area contributed by atoms with E-state index in [1.54, 1.807) is 11.8 Å². The minimum absolute atomic E-state index is 0.0311. The van der Waals surface area contributed by atoms with Crippen LogP contribution in [0.15, 0.2) is 58.3 Å². The van der Waals surface area contributed by atoms with Crippen molar-refractivity contribution in [2.75, 3.05) is 36.8 Å². The number of hydrogen-bond acceptors (Lipinski definition) is 5. The maximum Gasteiger partial charge on any atom is 0.224 e. The average molecular weight is 474 g/mol. The molecule has 1 fully saturated rings. The van der Waals surface area contributed by atoms with Crippen molar-refractivity contribution in [2.24, 2.45) is 5.92 Å². The zero-order valence-electron chi connectivity index (χ0n) is 18.5. The number of carbonyl (C=O) groups excluding carboxylic acids is 1. The summed E-state index contributed by atoms with van der Waals surface area (Å²) in [6.07, 6.45) is 2.88. The molecule has 1 N–H and O–H groups in total. The quantitative estimate of drug-likeness (QED) is 0.581. The minimum Gasteiger partial charge on any atom is -0.356 e. The highest BCUT2D eigenvalue weighted by molar-refractivity contribution is 7.99. The fourth-order valence-corrected chi connectivity index (χ4v) is 7.10. The van der Waals surface area contributed by atoms with Gasteiger partial charge in [-0.1, -0.05) is 43.0 Å². The summed E-state index contributed by atoms with van der Waals surface area (Å²) < 4.78 is 26.3. The van der Waals surface area contributed by atoms with Crippen LogP contribution in [0.3, 0.4) is 0 Å². The van der Waals surface area contributed by atoms with Gasteiger partial charge in [0.05, 0.1) is 23.0 Å². The topological polar surface area (TPSA) is 69.7 Å². The SMILES string of the molecule is CCCS(=O)(=O)N1CCCC(C(=O)NCCCN2c3ccccc3Sc3ccccc32)C1. The number of amides is 1. The lowest BCUT2D eigenvalue weighted by Crippen LogP contribution is -2.46. The Hall–Kier alpha value is -2.03. The van der Waals surface area contributed by atoms with Crippen molar-refractivity contribution in [3.63, 3.8) is 0 Å². The molecule has 2 aromatic rings. The first kappa shape index (κ1) is 23.1.